The number of hydrogen-bond acceptors (Lipinski definition) is 5. The molecule has 1 N–H and O–H groups in total. The van der Waals surface area contributed by atoms with Crippen LogP contribution in [0.1, 0.15) is 43.6 Å². The molecule has 1 aliphatic rings. The summed E-state index contributed by atoms with van der Waals surface area (Å²) in [6.07, 6.45) is -2.16. The third-order valence-electron chi connectivity index (χ3n) is 7.31. The predicted molar refractivity (Wildman–Crippen MR) is 142 cm³/mol. The Balaban J connectivity index is 1.94. The molecule has 0 aromatic heterocycles. The van der Waals surface area contributed by atoms with Crippen LogP contribution in [-0.2, 0) is 20.5 Å². The van der Waals surface area contributed by atoms with Crippen molar-refractivity contribution in [3.63, 3.8) is 0 Å². The summed E-state index contributed by atoms with van der Waals surface area (Å²) in [7, 11) is -2.36. The normalized spacial score (nSPS) is 22.9. The summed E-state index contributed by atoms with van der Waals surface area (Å²) in [5, 5.41) is 2.66. The minimum absolute atomic E-state index is 0.0170. The molecule has 4 atom stereocenters. The van der Waals surface area contributed by atoms with E-state index < -0.39 is 38.6 Å². The molecule has 8 heteroatoms. The smallest absolute Gasteiger partial charge is 0.338 e. The van der Waals surface area contributed by atoms with Crippen molar-refractivity contribution >= 4 is 20.2 Å². The molecule has 1 saturated heterocycles. The lowest BCUT2D eigenvalue weighted by Gasteiger charge is -2.40. The molecule has 196 valence electrons. The Labute approximate surface area is 215 Å². The molecule has 6 nitrogen and oxygen atoms in total. The van der Waals surface area contributed by atoms with E-state index in [1.165, 1.54) is 6.92 Å². The van der Waals surface area contributed by atoms with E-state index >= 15 is 4.39 Å². The zero-order chi connectivity index (χ0) is 26.5. The van der Waals surface area contributed by atoms with Gasteiger partial charge in [0.15, 0.2) is 8.32 Å². The van der Waals surface area contributed by atoms with Gasteiger partial charge in [-0.15, -0.1) is 0 Å². The highest BCUT2D eigenvalue weighted by molar-refractivity contribution is 6.74. The molecular weight excluding hydrogens is 475 g/mol. The van der Waals surface area contributed by atoms with Crippen molar-refractivity contribution in [3.8, 4) is 0 Å². The maximum Gasteiger partial charge on any atom is 0.338 e. The number of esters is 1. The van der Waals surface area contributed by atoms with Crippen molar-refractivity contribution in [3.05, 3.63) is 71.8 Å². The Bertz CT molecular complexity index is 1010. The van der Waals surface area contributed by atoms with Gasteiger partial charge in [0, 0.05) is 20.0 Å². The van der Waals surface area contributed by atoms with E-state index in [2.05, 4.69) is 39.2 Å². The molecule has 2 aromatic carbocycles. The molecule has 1 aliphatic heterocycles. The van der Waals surface area contributed by atoms with Gasteiger partial charge in [-0.2, -0.15) is 0 Å². The minimum atomic E-state index is -2.36. The van der Waals surface area contributed by atoms with Gasteiger partial charge in [-0.3, -0.25) is 9.69 Å². The number of rotatable bonds is 9. The lowest BCUT2D eigenvalue weighted by molar-refractivity contribution is -0.119. The molecule has 0 radical (unpaired) electrons. The molecule has 1 amide bonds. The second-order valence-electron chi connectivity index (χ2n) is 11.0. The summed E-state index contributed by atoms with van der Waals surface area (Å²) in [5.74, 6) is -0.676. The van der Waals surface area contributed by atoms with Gasteiger partial charge in [0.05, 0.1) is 23.8 Å². The van der Waals surface area contributed by atoms with Gasteiger partial charge in [-0.1, -0.05) is 69.3 Å². The van der Waals surface area contributed by atoms with Crippen LogP contribution < -0.4 is 5.32 Å². The van der Waals surface area contributed by atoms with Crippen LogP contribution in [0.25, 0.3) is 0 Å². The summed E-state index contributed by atoms with van der Waals surface area (Å²) in [6, 6.07) is 17.4. The summed E-state index contributed by atoms with van der Waals surface area (Å²) >= 11 is 0. The zero-order valence-electron chi connectivity index (χ0n) is 22.2. The van der Waals surface area contributed by atoms with E-state index in [1.54, 1.807) is 24.3 Å². The van der Waals surface area contributed by atoms with Crippen LogP contribution in [0.4, 0.5) is 4.39 Å². The first-order valence-corrected chi connectivity index (χ1v) is 15.4. The van der Waals surface area contributed by atoms with E-state index in [0.29, 0.717) is 12.1 Å². The van der Waals surface area contributed by atoms with Crippen molar-refractivity contribution in [2.45, 2.75) is 76.7 Å². The molecule has 2 aromatic rings. The predicted octanol–water partition coefficient (Wildman–Crippen LogP) is 4.96. The van der Waals surface area contributed by atoms with Crippen LogP contribution in [0.3, 0.4) is 0 Å². The highest BCUT2D eigenvalue weighted by atomic mass is 28.4. The fraction of sp³-hybridized carbons (Fsp3) is 0.500. The lowest BCUT2D eigenvalue weighted by Crippen LogP contribution is -2.50. The zero-order valence-corrected chi connectivity index (χ0v) is 23.2. The van der Waals surface area contributed by atoms with Crippen LogP contribution in [0.15, 0.2) is 60.7 Å². The van der Waals surface area contributed by atoms with Gasteiger partial charge in [0.2, 0.25) is 5.91 Å². The molecule has 2 unspecified atom stereocenters. The molecular formula is C28H39FN2O4Si. The molecule has 0 saturated carbocycles. The van der Waals surface area contributed by atoms with Gasteiger partial charge in [0.1, 0.15) is 12.8 Å². The van der Waals surface area contributed by atoms with Gasteiger partial charge >= 0.3 is 5.97 Å². The van der Waals surface area contributed by atoms with E-state index in [9.17, 15) is 9.59 Å². The van der Waals surface area contributed by atoms with Crippen LogP contribution in [0.5, 0.6) is 0 Å². The number of nitrogens with one attached hydrogen (secondary N) is 1. The van der Waals surface area contributed by atoms with Crippen molar-refractivity contribution < 1.29 is 23.1 Å². The van der Waals surface area contributed by atoms with Crippen LogP contribution in [0, 0.1) is 0 Å². The Kier molecular flexibility index (Phi) is 9.08. The van der Waals surface area contributed by atoms with E-state index in [-0.39, 0.29) is 24.1 Å². The van der Waals surface area contributed by atoms with Crippen molar-refractivity contribution in [2.24, 2.45) is 0 Å². The Morgan fingerprint density at radius 2 is 1.58 bits per heavy atom. The summed E-state index contributed by atoms with van der Waals surface area (Å²) < 4.78 is 28.6. The first-order valence-electron chi connectivity index (χ1n) is 12.5. The first kappa shape index (κ1) is 28.0. The number of likely N-dealkylation sites (tertiary alicyclic amines) is 1. The number of nitrogens with zero attached hydrogens (tertiary/aromatic N) is 1. The second kappa shape index (κ2) is 11.7. The lowest BCUT2D eigenvalue weighted by atomic mass is 10.1. The van der Waals surface area contributed by atoms with Crippen molar-refractivity contribution in [1.29, 1.82) is 0 Å². The van der Waals surface area contributed by atoms with Crippen molar-refractivity contribution in [1.82, 2.24) is 10.2 Å². The van der Waals surface area contributed by atoms with Gasteiger partial charge in [0.25, 0.3) is 0 Å². The maximum atomic E-state index is 16.2. The van der Waals surface area contributed by atoms with Gasteiger partial charge in [-0.05, 0) is 35.8 Å². The highest BCUT2D eigenvalue weighted by Crippen LogP contribution is 2.41. The summed E-state index contributed by atoms with van der Waals surface area (Å²) in [5.41, 5.74) is 1.45. The highest BCUT2D eigenvalue weighted by Gasteiger charge is 2.53. The largest absolute Gasteiger partial charge is 0.460 e. The SMILES string of the molecule is CC(=O)NC[C@@H]1[C@@H](F)C(O[Si](C)(C)C(C)(C)C)C(COC(=O)c2ccccc2)N1Cc1ccccc1. The number of ether oxygens (including phenoxy) is 1. The van der Waals surface area contributed by atoms with E-state index in [1.807, 2.05) is 41.3 Å². The average molecular weight is 515 g/mol. The second-order valence-corrected chi connectivity index (χ2v) is 15.7. The number of alkyl halides is 1. The summed E-state index contributed by atoms with van der Waals surface area (Å²) in [6.45, 7) is 12.5. The number of carbonyl (C=O) groups excluding carboxylic acids is 2. The molecule has 1 heterocycles. The molecule has 0 spiro atoms. The van der Waals surface area contributed by atoms with Crippen LogP contribution in [-0.4, -0.2) is 62.6 Å². The number of carbonyl (C=O) groups is 2. The number of halogens is 1. The Morgan fingerprint density at radius 3 is 2.14 bits per heavy atom. The average Bonchev–Trinajstić information content (AvgIpc) is 3.05. The number of benzene rings is 2. The van der Waals surface area contributed by atoms with Gasteiger partial charge < -0.3 is 14.5 Å². The van der Waals surface area contributed by atoms with Gasteiger partial charge in [-0.25, -0.2) is 9.18 Å². The standard InChI is InChI=1S/C28H39FN2O4Si/c1-20(32)30-17-23-25(29)26(35-36(5,6)28(2,3)4)24(31(23)18-21-13-9-7-10-14-21)19-34-27(33)22-15-11-8-12-16-22/h7-16,23-26H,17-19H2,1-6H3,(H,30,32)/t23-,24?,25-,26?/m1/s1. The molecule has 1 fully saturated rings. The fourth-order valence-corrected chi connectivity index (χ4v) is 5.55. The third kappa shape index (κ3) is 6.81. The Morgan fingerprint density at radius 1 is 1.00 bits per heavy atom. The maximum absolute atomic E-state index is 16.2. The first-order chi connectivity index (χ1) is 16.9. The molecule has 3 rings (SSSR count). The van der Waals surface area contributed by atoms with Crippen LogP contribution in [0.2, 0.25) is 18.1 Å². The number of hydrogen-bond donors (Lipinski definition) is 1. The third-order valence-corrected chi connectivity index (χ3v) is 11.8. The number of amides is 1. The monoisotopic (exact) mass is 514 g/mol. The molecule has 0 bridgehead atoms. The molecule has 0 aliphatic carbocycles. The van der Waals surface area contributed by atoms with Crippen molar-refractivity contribution in [2.75, 3.05) is 13.2 Å². The minimum Gasteiger partial charge on any atom is -0.460 e. The van der Waals surface area contributed by atoms with E-state index in [4.69, 9.17) is 9.16 Å². The quantitative estimate of drug-likeness (QED) is 0.378. The topological polar surface area (TPSA) is 67.9 Å². The molecule has 36 heavy (non-hydrogen) atoms. The van der Waals surface area contributed by atoms with E-state index in [0.717, 1.165) is 5.56 Å². The summed E-state index contributed by atoms with van der Waals surface area (Å²) in [4.78, 5) is 26.5. The fourth-order valence-electron chi connectivity index (χ4n) is 4.23. The van der Waals surface area contributed by atoms with Crippen LogP contribution >= 0.6 is 0 Å². The Hall–Kier alpha value is -2.55.